The van der Waals surface area contributed by atoms with Crippen LogP contribution in [0, 0.1) is 6.92 Å². The zero-order valence-corrected chi connectivity index (χ0v) is 32.3. The van der Waals surface area contributed by atoms with Crippen LogP contribution < -0.4 is 9.80 Å². The van der Waals surface area contributed by atoms with E-state index in [9.17, 15) is 4.79 Å². The standard InChI is InChI=1S/C47H57N3O2/c1-7-12-13-14-15-20-33-50-35(6)45(41-22-17-19-24-44(41)50)47(43-23-18-16-21-40(43)46(51)52-47)34-42(36-25-29-38(30-26-36)48(8-2)9-3)37-27-31-39(32-28-37)49(10-4)11-5/h16-19,21-32,34H,7-15,20,33H2,1-6H3. The number of anilines is 2. The number of fused-ring (bicyclic) bond motifs is 2. The third-order valence-corrected chi connectivity index (χ3v) is 11.1. The zero-order valence-electron chi connectivity index (χ0n) is 32.3. The SMILES string of the molecule is CCCCCCCCn1c(C)c(C2(C=C(c3ccc(N(CC)CC)cc3)c3ccc(N(CC)CC)cc3)OC(=O)c3ccccc32)c2ccccc21. The fourth-order valence-electron chi connectivity index (χ4n) is 8.26. The molecule has 0 spiro atoms. The van der Waals surface area contributed by atoms with Crippen molar-refractivity contribution in [3.05, 3.63) is 137 Å². The van der Waals surface area contributed by atoms with Crippen molar-refractivity contribution in [2.75, 3.05) is 36.0 Å². The highest BCUT2D eigenvalue weighted by atomic mass is 16.6. The molecule has 6 rings (SSSR count). The molecule has 0 saturated heterocycles. The Morgan fingerprint density at radius 1 is 0.673 bits per heavy atom. The van der Waals surface area contributed by atoms with Gasteiger partial charge in [0, 0.05) is 71.8 Å². The summed E-state index contributed by atoms with van der Waals surface area (Å²) in [5.74, 6) is -0.285. The van der Waals surface area contributed by atoms with Crippen molar-refractivity contribution < 1.29 is 9.53 Å². The third kappa shape index (κ3) is 7.15. The monoisotopic (exact) mass is 695 g/mol. The van der Waals surface area contributed by atoms with Gasteiger partial charge in [0.2, 0.25) is 0 Å². The van der Waals surface area contributed by atoms with Crippen LogP contribution in [0.3, 0.4) is 0 Å². The van der Waals surface area contributed by atoms with E-state index in [4.69, 9.17) is 4.74 Å². The number of cyclic esters (lactones) is 1. The summed E-state index contributed by atoms with van der Waals surface area (Å²) in [6.45, 7) is 18.0. The van der Waals surface area contributed by atoms with Crippen molar-refractivity contribution in [2.24, 2.45) is 0 Å². The molecule has 2 heterocycles. The number of esters is 1. The highest BCUT2D eigenvalue weighted by Gasteiger charge is 2.48. The average molecular weight is 696 g/mol. The molecule has 1 unspecified atom stereocenters. The fourth-order valence-corrected chi connectivity index (χ4v) is 8.26. The van der Waals surface area contributed by atoms with Gasteiger partial charge in [0.25, 0.3) is 0 Å². The quantitative estimate of drug-likeness (QED) is 0.0717. The van der Waals surface area contributed by atoms with Crippen LogP contribution in [-0.4, -0.2) is 36.7 Å². The smallest absolute Gasteiger partial charge is 0.340 e. The summed E-state index contributed by atoms with van der Waals surface area (Å²) in [4.78, 5) is 18.7. The second kappa shape index (κ2) is 16.7. The lowest BCUT2D eigenvalue weighted by Crippen LogP contribution is -2.27. The second-order valence-corrected chi connectivity index (χ2v) is 14.1. The summed E-state index contributed by atoms with van der Waals surface area (Å²) in [7, 11) is 0. The molecule has 4 aromatic carbocycles. The van der Waals surface area contributed by atoms with Gasteiger partial charge >= 0.3 is 5.97 Å². The molecule has 5 aromatic rings. The van der Waals surface area contributed by atoms with Gasteiger partial charge < -0.3 is 19.1 Å². The maximum atomic E-state index is 14.0. The molecule has 5 nitrogen and oxygen atoms in total. The first-order valence-electron chi connectivity index (χ1n) is 19.7. The first kappa shape index (κ1) is 37.0. The summed E-state index contributed by atoms with van der Waals surface area (Å²) in [5.41, 5.74) is 9.36. The molecule has 52 heavy (non-hydrogen) atoms. The summed E-state index contributed by atoms with van der Waals surface area (Å²) in [6.07, 6.45) is 9.69. The van der Waals surface area contributed by atoms with Crippen LogP contribution >= 0.6 is 0 Å². The van der Waals surface area contributed by atoms with E-state index in [1.54, 1.807) is 0 Å². The molecule has 1 aliphatic heterocycles. The normalized spacial score (nSPS) is 15.1. The maximum absolute atomic E-state index is 14.0. The first-order valence-corrected chi connectivity index (χ1v) is 19.7. The van der Waals surface area contributed by atoms with Crippen LogP contribution in [0.25, 0.3) is 16.5 Å². The number of nitrogens with zero attached hydrogens (tertiary/aromatic N) is 3. The van der Waals surface area contributed by atoms with E-state index in [2.05, 4.69) is 141 Å². The van der Waals surface area contributed by atoms with Crippen LogP contribution in [0.5, 0.6) is 0 Å². The summed E-state index contributed by atoms with van der Waals surface area (Å²) >= 11 is 0. The number of carbonyl (C=O) groups is 1. The minimum absolute atomic E-state index is 0.285. The maximum Gasteiger partial charge on any atom is 0.340 e. The van der Waals surface area contributed by atoms with Crippen LogP contribution in [0.2, 0.25) is 0 Å². The molecule has 0 saturated carbocycles. The van der Waals surface area contributed by atoms with Crippen LogP contribution in [0.4, 0.5) is 11.4 Å². The summed E-state index contributed by atoms with van der Waals surface area (Å²) < 4.78 is 9.26. The van der Waals surface area contributed by atoms with Crippen molar-refractivity contribution in [3.8, 4) is 0 Å². The molecule has 0 N–H and O–H groups in total. The lowest BCUT2D eigenvalue weighted by atomic mass is 9.80. The number of para-hydroxylation sites is 1. The molecule has 0 amide bonds. The van der Waals surface area contributed by atoms with E-state index in [1.165, 1.54) is 49.0 Å². The number of carbonyl (C=O) groups excluding carboxylic acids is 1. The number of hydrogen-bond donors (Lipinski definition) is 0. The van der Waals surface area contributed by atoms with Gasteiger partial charge in [-0.05, 0) is 100 Å². The second-order valence-electron chi connectivity index (χ2n) is 14.1. The molecule has 0 bridgehead atoms. The highest BCUT2D eigenvalue weighted by Crippen LogP contribution is 2.50. The number of ether oxygens (including phenoxy) is 1. The number of unbranched alkanes of at least 4 members (excludes halogenated alkanes) is 5. The molecule has 5 heteroatoms. The van der Waals surface area contributed by atoms with E-state index >= 15 is 0 Å². The average Bonchev–Trinajstić information content (AvgIpc) is 3.63. The molecule has 0 fully saturated rings. The van der Waals surface area contributed by atoms with Crippen molar-refractivity contribution in [1.29, 1.82) is 0 Å². The molecular weight excluding hydrogens is 639 g/mol. The fraction of sp³-hybridized carbons (Fsp3) is 0.383. The predicted molar refractivity (Wildman–Crippen MR) is 220 cm³/mol. The summed E-state index contributed by atoms with van der Waals surface area (Å²) in [6, 6.07) is 34.4. The summed E-state index contributed by atoms with van der Waals surface area (Å²) in [5, 5.41) is 1.12. The van der Waals surface area contributed by atoms with Crippen LogP contribution in [0.1, 0.15) is 111 Å². The zero-order chi connectivity index (χ0) is 36.7. The molecular formula is C47H57N3O2. The topological polar surface area (TPSA) is 37.7 Å². The minimum atomic E-state index is -1.13. The van der Waals surface area contributed by atoms with Gasteiger partial charge in [0.1, 0.15) is 0 Å². The Labute approximate surface area is 311 Å². The Hall–Kier alpha value is -4.77. The van der Waals surface area contributed by atoms with Crippen LogP contribution in [0.15, 0.2) is 103 Å². The van der Waals surface area contributed by atoms with Crippen molar-refractivity contribution >= 4 is 33.8 Å². The van der Waals surface area contributed by atoms with Crippen molar-refractivity contribution in [1.82, 2.24) is 4.57 Å². The Bertz CT molecular complexity index is 1920. The van der Waals surface area contributed by atoms with Gasteiger partial charge in [0.05, 0.1) is 5.56 Å². The van der Waals surface area contributed by atoms with Gasteiger partial charge in [-0.2, -0.15) is 0 Å². The number of aryl methyl sites for hydroxylation is 1. The first-order chi connectivity index (χ1) is 25.4. The molecule has 1 aliphatic rings. The van der Waals surface area contributed by atoms with Gasteiger partial charge in [-0.25, -0.2) is 4.79 Å². The molecule has 272 valence electrons. The highest BCUT2D eigenvalue weighted by molar-refractivity contribution is 5.99. The Morgan fingerprint density at radius 3 is 1.81 bits per heavy atom. The molecule has 0 aliphatic carbocycles. The van der Waals surface area contributed by atoms with Gasteiger partial charge in [-0.1, -0.05) is 99.7 Å². The van der Waals surface area contributed by atoms with Gasteiger partial charge in [-0.15, -0.1) is 0 Å². The van der Waals surface area contributed by atoms with Gasteiger partial charge in [0.15, 0.2) is 5.60 Å². The van der Waals surface area contributed by atoms with E-state index < -0.39 is 5.60 Å². The van der Waals surface area contributed by atoms with Crippen molar-refractivity contribution in [2.45, 2.75) is 92.2 Å². The van der Waals surface area contributed by atoms with E-state index in [0.29, 0.717) is 5.56 Å². The molecule has 1 aromatic heterocycles. The predicted octanol–water partition coefficient (Wildman–Crippen LogP) is 11.5. The molecule has 1 atom stereocenters. The van der Waals surface area contributed by atoms with Crippen molar-refractivity contribution in [3.63, 3.8) is 0 Å². The Morgan fingerprint density at radius 2 is 1.21 bits per heavy atom. The number of rotatable bonds is 17. The van der Waals surface area contributed by atoms with E-state index in [0.717, 1.165) is 78.1 Å². The molecule has 0 radical (unpaired) electrons. The lowest BCUT2D eigenvalue weighted by molar-refractivity contribution is 0.0278. The lowest BCUT2D eigenvalue weighted by Gasteiger charge is -2.29. The third-order valence-electron chi connectivity index (χ3n) is 11.1. The number of hydrogen-bond acceptors (Lipinski definition) is 4. The number of aromatic nitrogens is 1. The van der Waals surface area contributed by atoms with E-state index in [-0.39, 0.29) is 5.97 Å². The number of benzene rings is 4. The van der Waals surface area contributed by atoms with E-state index in [1.807, 2.05) is 18.2 Å². The Kier molecular flexibility index (Phi) is 11.9. The van der Waals surface area contributed by atoms with Gasteiger partial charge in [-0.3, -0.25) is 0 Å². The van der Waals surface area contributed by atoms with Crippen LogP contribution in [-0.2, 0) is 16.9 Å². The largest absolute Gasteiger partial charge is 0.441 e. The Balaban J connectivity index is 1.58. The minimum Gasteiger partial charge on any atom is -0.441 e.